The molecule has 1 aromatic heterocycles. The maximum Gasteiger partial charge on any atom is 0.354 e. The van der Waals surface area contributed by atoms with Crippen molar-refractivity contribution in [1.29, 1.82) is 0 Å². The summed E-state index contributed by atoms with van der Waals surface area (Å²) in [6.45, 7) is 1.80. The van der Waals surface area contributed by atoms with E-state index in [1.165, 1.54) is 18.6 Å². The summed E-state index contributed by atoms with van der Waals surface area (Å²) in [5.74, 6) is -1.04. The molecule has 0 saturated heterocycles. The number of nitrogens with one attached hydrogen (secondary N) is 2. The molecule has 0 radical (unpaired) electrons. The van der Waals surface area contributed by atoms with E-state index in [2.05, 4.69) is 21.2 Å². The first-order chi connectivity index (χ1) is 7.18. The fourth-order valence-corrected chi connectivity index (χ4v) is 1.24. The lowest BCUT2D eigenvalue weighted by molar-refractivity contribution is 0.0690. The summed E-state index contributed by atoms with van der Waals surface area (Å²) >= 11 is 0. The fraction of sp³-hybridized carbons (Fsp3) is 0.125. The van der Waals surface area contributed by atoms with Crippen LogP contribution in [-0.4, -0.2) is 22.4 Å². The first-order valence-corrected chi connectivity index (χ1v) is 4.21. The van der Waals surface area contributed by atoms with Gasteiger partial charge in [0.2, 0.25) is 0 Å². The van der Waals surface area contributed by atoms with Crippen molar-refractivity contribution < 1.29 is 9.90 Å². The van der Waals surface area contributed by atoms with Crippen LogP contribution in [0.1, 0.15) is 16.1 Å². The van der Waals surface area contributed by atoms with Gasteiger partial charge in [-0.3, -0.25) is 0 Å². The van der Waals surface area contributed by atoms with Gasteiger partial charge in [0.15, 0.2) is 0 Å². The van der Waals surface area contributed by atoms with Crippen LogP contribution in [0.2, 0.25) is 0 Å². The number of aromatic nitrogens is 1. The highest BCUT2D eigenvalue weighted by Crippen LogP contribution is 2.17. The number of hydrazine groups is 2. The molecule has 15 heavy (non-hydrogen) atoms. The van der Waals surface area contributed by atoms with Crippen molar-refractivity contribution in [2.45, 2.75) is 6.92 Å². The van der Waals surface area contributed by atoms with Crippen molar-refractivity contribution in [2.24, 2.45) is 5.10 Å². The van der Waals surface area contributed by atoms with E-state index >= 15 is 0 Å². The van der Waals surface area contributed by atoms with Gasteiger partial charge in [-0.15, -0.1) is 5.53 Å². The molecule has 0 aliphatic carbocycles. The van der Waals surface area contributed by atoms with Crippen LogP contribution in [0.15, 0.2) is 17.4 Å². The number of aromatic carboxylic acids is 1. The highest BCUT2D eigenvalue weighted by atomic mass is 16.4. The van der Waals surface area contributed by atoms with Gasteiger partial charge in [-0.2, -0.15) is 5.10 Å². The zero-order valence-electron chi connectivity index (χ0n) is 7.93. The summed E-state index contributed by atoms with van der Waals surface area (Å²) in [6, 6.07) is 1.51. The zero-order valence-corrected chi connectivity index (χ0v) is 7.93. The first kappa shape index (κ1) is 9.41. The van der Waals surface area contributed by atoms with Gasteiger partial charge >= 0.3 is 5.97 Å². The lowest BCUT2D eigenvalue weighted by Crippen LogP contribution is -2.37. The minimum absolute atomic E-state index is 0.0281. The molecule has 2 rings (SSSR count). The molecular formula is C8H9N5O2. The van der Waals surface area contributed by atoms with Gasteiger partial charge < -0.3 is 5.11 Å². The Labute approximate surface area is 85.4 Å². The van der Waals surface area contributed by atoms with Crippen LogP contribution < -0.4 is 16.1 Å². The van der Waals surface area contributed by atoms with Gasteiger partial charge in [-0.05, 0) is 18.6 Å². The zero-order chi connectivity index (χ0) is 10.8. The highest BCUT2D eigenvalue weighted by molar-refractivity contribution is 5.87. The number of carboxylic acid groups (broad SMARTS) is 1. The molecule has 0 atom stereocenters. The summed E-state index contributed by atoms with van der Waals surface area (Å²) in [6.07, 6.45) is 3.01. The number of hydrogen-bond acceptors (Lipinski definition) is 6. The molecule has 1 aromatic rings. The molecule has 78 valence electrons. The van der Waals surface area contributed by atoms with Gasteiger partial charge in [-0.25, -0.2) is 20.3 Å². The molecule has 0 unspecified atom stereocenters. The quantitative estimate of drug-likeness (QED) is 0.625. The number of aryl methyl sites for hydroxylation is 1. The maximum absolute atomic E-state index is 10.7. The van der Waals surface area contributed by atoms with E-state index in [0.29, 0.717) is 0 Å². The summed E-state index contributed by atoms with van der Waals surface area (Å²) in [7, 11) is 0. The molecule has 0 fully saturated rings. The van der Waals surface area contributed by atoms with Gasteiger partial charge in [0, 0.05) is 0 Å². The second kappa shape index (κ2) is 3.54. The van der Waals surface area contributed by atoms with Gasteiger partial charge in [0.05, 0.1) is 11.9 Å². The Morgan fingerprint density at radius 3 is 2.93 bits per heavy atom. The van der Waals surface area contributed by atoms with E-state index in [9.17, 15) is 4.79 Å². The molecule has 0 bridgehead atoms. The fourth-order valence-electron chi connectivity index (χ4n) is 1.24. The Kier molecular flexibility index (Phi) is 2.22. The van der Waals surface area contributed by atoms with E-state index in [1.54, 1.807) is 11.9 Å². The third-order valence-electron chi connectivity index (χ3n) is 1.97. The van der Waals surface area contributed by atoms with Crippen LogP contribution in [0.25, 0.3) is 0 Å². The summed E-state index contributed by atoms with van der Waals surface area (Å²) < 4.78 is 0. The predicted octanol–water partition coefficient (Wildman–Crippen LogP) is -0.139. The Hall–Kier alpha value is -2.15. The maximum atomic E-state index is 10.7. The van der Waals surface area contributed by atoms with E-state index in [-0.39, 0.29) is 5.69 Å². The molecule has 3 N–H and O–H groups in total. The second-order valence-corrected chi connectivity index (χ2v) is 3.00. The Morgan fingerprint density at radius 2 is 2.40 bits per heavy atom. The second-order valence-electron chi connectivity index (χ2n) is 3.00. The van der Waals surface area contributed by atoms with Crippen LogP contribution in [0.3, 0.4) is 0 Å². The van der Waals surface area contributed by atoms with E-state index in [0.717, 1.165) is 11.3 Å². The summed E-state index contributed by atoms with van der Waals surface area (Å²) in [5.41, 5.74) is 6.84. The van der Waals surface area contributed by atoms with E-state index in [4.69, 9.17) is 5.11 Å². The number of pyridine rings is 1. The van der Waals surface area contributed by atoms with E-state index in [1.807, 2.05) is 0 Å². The van der Waals surface area contributed by atoms with Crippen LogP contribution in [0.4, 0.5) is 5.69 Å². The molecule has 0 amide bonds. The molecule has 1 aliphatic heterocycles. The average Bonchev–Trinajstić information content (AvgIpc) is 2.70. The van der Waals surface area contributed by atoms with Crippen molar-refractivity contribution in [3.63, 3.8) is 0 Å². The molecule has 0 spiro atoms. The molecule has 0 aromatic carbocycles. The lowest BCUT2D eigenvalue weighted by Gasteiger charge is -2.15. The van der Waals surface area contributed by atoms with E-state index < -0.39 is 5.97 Å². The van der Waals surface area contributed by atoms with Gasteiger partial charge in [-0.1, -0.05) is 0 Å². The number of nitrogens with zero attached hydrogens (tertiary/aromatic N) is 3. The van der Waals surface area contributed by atoms with Crippen molar-refractivity contribution >= 4 is 18.0 Å². The van der Waals surface area contributed by atoms with Crippen LogP contribution >= 0.6 is 0 Å². The SMILES string of the molecule is Cc1cc(C(=O)O)ncc1N1C=NNN1. The smallest absolute Gasteiger partial charge is 0.354 e. The van der Waals surface area contributed by atoms with Crippen molar-refractivity contribution in [3.05, 3.63) is 23.5 Å². The Bertz CT molecular complexity index is 431. The van der Waals surface area contributed by atoms with Crippen LogP contribution in [0.5, 0.6) is 0 Å². The Morgan fingerprint density at radius 1 is 1.60 bits per heavy atom. The predicted molar refractivity (Wildman–Crippen MR) is 53.2 cm³/mol. The van der Waals surface area contributed by atoms with Crippen LogP contribution in [-0.2, 0) is 0 Å². The number of carbonyl (C=O) groups is 1. The minimum atomic E-state index is -1.04. The third kappa shape index (κ3) is 1.72. The largest absolute Gasteiger partial charge is 0.477 e. The topological polar surface area (TPSA) is 89.8 Å². The van der Waals surface area contributed by atoms with Crippen molar-refractivity contribution in [2.75, 3.05) is 5.01 Å². The molecule has 7 heteroatoms. The number of carboxylic acids is 1. The minimum Gasteiger partial charge on any atom is -0.477 e. The first-order valence-electron chi connectivity index (χ1n) is 4.21. The molecular weight excluding hydrogens is 198 g/mol. The lowest BCUT2D eigenvalue weighted by atomic mass is 10.2. The van der Waals surface area contributed by atoms with Crippen LogP contribution in [0, 0.1) is 6.92 Å². The molecule has 0 saturated carbocycles. The molecule has 7 nitrogen and oxygen atoms in total. The average molecular weight is 207 g/mol. The number of rotatable bonds is 2. The standard InChI is InChI=1S/C8H9N5O2/c1-5-2-6(8(14)15)9-3-7(5)13-4-10-11-12-13/h2-4,11-12H,1H3,(H,14,15). The Balaban J connectivity index is 2.34. The summed E-state index contributed by atoms with van der Waals surface area (Å²) in [4.78, 5) is 14.5. The van der Waals surface area contributed by atoms with Gasteiger partial charge in [0.25, 0.3) is 0 Å². The number of hydrogen-bond donors (Lipinski definition) is 3. The molecule has 2 heterocycles. The van der Waals surface area contributed by atoms with Crippen molar-refractivity contribution in [1.82, 2.24) is 16.1 Å². The molecule has 1 aliphatic rings. The number of anilines is 1. The number of hydrazone groups is 1. The monoisotopic (exact) mass is 207 g/mol. The third-order valence-corrected chi connectivity index (χ3v) is 1.97. The highest BCUT2D eigenvalue weighted by Gasteiger charge is 2.13. The van der Waals surface area contributed by atoms with Crippen molar-refractivity contribution in [3.8, 4) is 0 Å². The van der Waals surface area contributed by atoms with Gasteiger partial charge in [0.1, 0.15) is 12.0 Å². The normalized spacial score (nSPS) is 14.1. The summed E-state index contributed by atoms with van der Waals surface area (Å²) in [5, 5.41) is 14.1.